The lowest BCUT2D eigenvalue weighted by molar-refractivity contribution is -0.0111. The number of piperidine rings is 1. The molecule has 1 rings (SSSR count). The molecule has 0 aromatic carbocycles. The SMILES string of the molecule is CCCOC1CCCN(CC(C)(CCC)CNCC)C1. The Morgan fingerprint density at radius 3 is 2.70 bits per heavy atom. The van der Waals surface area contributed by atoms with Gasteiger partial charge in [-0.25, -0.2) is 0 Å². The zero-order chi connectivity index (χ0) is 14.8. The second-order valence-electron chi connectivity index (χ2n) is 6.71. The molecule has 0 bridgehead atoms. The zero-order valence-electron chi connectivity index (χ0n) is 14.2. The van der Waals surface area contributed by atoms with Crippen molar-refractivity contribution in [2.75, 3.05) is 39.3 Å². The largest absolute Gasteiger partial charge is 0.377 e. The molecule has 2 unspecified atom stereocenters. The van der Waals surface area contributed by atoms with Crippen molar-refractivity contribution in [3.05, 3.63) is 0 Å². The fraction of sp³-hybridized carbons (Fsp3) is 1.00. The summed E-state index contributed by atoms with van der Waals surface area (Å²) in [5.74, 6) is 0. The summed E-state index contributed by atoms with van der Waals surface area (Å²) < 4.78 is 5.96. The molecule has 1 fully saturated rings. The lowest BCUT2D eigenvalue weighted by Crippen LogP contribution is -2.47. The van der Waals surface area contributed by atoms with Crippen LogP contribution in [0.15, 0.2) is 0 Å². The van der Waals surface area contributed by atoms with Gasteiger partial charge >= 0.3 is 0 Å². The van der Waals surface area contributed by atoms with Gasteiger partial charge in [0.15, 0.2) is 0 Å². The summed E-state index contributed by atoms with van der Waals surface area (Å²) in [6.45, 7) is 15.8. The Kier molecular flexibility index (Phi) is 8.74. The molecule has 0 aromatic heterocycles. The molecule has 3 heteroatoms. The van der Waals surface area contributed by atoms with Crippen LogP contribution in [0.25, 0.3) is 0 Å². The van der Waals surface area contributed by atoms with Crippen molar-refractivity contribution in [3.8, 4) is 0 Å². The number of ether oxygens (including phenoxy) is 1. The fourth-order valence-corrected chi connectivity index (χ4v) is 3.37. The van der Waals surface area contributed by atoms with Crippen molar-refractivity contribution in [2.24, 2.45) is 5.41 Å². The summed E-state index contributed by atoms with van der Waals surface area (Å²) >= 11 is 0. The van der Waals surface area contributed by atoms with Crippen molar-refractivity contribution in [1.29, 1.82) is 0 Å². The third-order valence-electron chi connectivity index (χ3n) is 4.28. The maximum absolute atomic E-state index is 5.96. The average molecular weight is 284 g/mol. The topological polar surface area (TPSA) is 24.5 Å². The highest BCUT2D eigenvalue weighted by Crippen LogP contribution is 2.26. The molecule has 1 heterocycles. The van der Waals surface area contributed by atoms with E-state index in [1.54, 1.807) is 0 Å². The maximum atomic E-state index is 5.96. The van der Waals surface area contributed by atoms with Crippen LogP contribution in [0.3, 0.4) is 0 Å². The van der Waals surface area contributed by atoms with Crippen molar-refractivity contribution < 1.29 is 4.74 Å². The van der Waals surface area contributed by atoms with Gasteiger partial charge in [0.05, 0.1) is 6.10 Å². The van der Waals surface area contributed by atoms with Crippen LogP contribution >= 0.6 is 0 Å². The van der Waals surface area contributed by atoms with Crippen LogP contribution in [0, 0.1) is 5.41 Å². The maximum Gasteiger partial charge on any atom is 0.0702 e. The van der Waals surface area contributed by atoms with Gasteiger partial charge in [0, 0.05) is 26.2 Å². The molecule has 0 aliphatic carbocycles. The number of nitrogens with zero attached hydrogens (tertiary/aromatic N) is 1. The van der Waals surface area contributed by atoms with Crippen molar-refractivity contribution >= 4 is 0 Å². The van der Waals surface area contributed by atoms with Gasteiger partial charge in [0.25, 0.3) is 0 Å². The van der Waals surface area contributed by atoms with Crippen LogP contribution in [0.5, 0.6) is 0 Å². The number of nitrogens with one attached hydrogen (secondary N) is 1. The van der Waals surface area contributed by atoms with Crippen LogP contribution in [-0.2, 0) is 4.74 Å². The van der Waals surface area contributed by atoms with Crippen LogP contribution in [0.4, 0.5) is 0 Å². The predicted octanol–water partition coefficient (Wildman–Crippen LogP) is 3.29. The fourth-order valence-electron chi connectivity index (χ4n) is 3.37. The van der Waals surface area contributed by atoms with Gasteiger partial charge in [0.1, 0.15) is 0 Å². The first-order valence-electron chi connectivity index (χ1n) is 8.68. The molecule has 0 saturated carbocycles. The highest BCUT2D eigenvalue weighted by Gasteiger charge is 2.29. The molecule has 120 valence electrons. The van der Waals surface area contributed by atoms with Gasteiger partial charge < -0.3 is 15.0 Å². The molecular weight excluding hydrogens is 248 g/mol. The summed E-state index contributed by atoms with van der Waals surface area (Å²) in [6, 6.07) is 0. The first-order valence-corrected chi connectivity index (χ1v) is 8.68. The van der Waals surface area contributed by atoms with Crippen molar-refractivity contribution in [3.63, 3.8) is 0 Å². The molecule has 1 N–H and O–H groups in total. The lowest BCUT2D eigenvalue weighted by Gasteiger charge is -2.39. The van der Waals surface area contributed by atoms with E-state index in [1.807, 2.05) is 0 Å². The van der Waals surface area contributed by atoms with Gasteiger partial charge in [-0.1, -0.05) is 34.1 Å². The van der Waals surface area contributed by atoms with Gasteiger partial charge in [-0.3, -0.25) is 0 Å². The Labute approximate surface area is 126 Å². The van der Waals surface area contributed by atoms with E-state index in [1.165, 1.54) is 38.8 Å². The minimum absolute atomic E-state index is 0.400. The first-order chi connectivity index (χ1) is 9.63. The standard InChI is InChI=1S/C17H36N2O/c1-5-10-17(4,14-18-7-3)15-19-11-8-9-16(13-19)20-12-6-2/h16,18H,5-15H2,1-4H3. The van der Waals surface area contributed by atoms with Gasteiger partial charge in [-0.2, -0.15) is 0 Å². The van der Waals surface area contributed by atoms with E-state index < -0.39 is 0 Å². The van der Waals surface area contributed by atoms with E-state index in [9.17, 15) is 0 Å². The summed E-state index contributed by atoms with van der Waals surface area (Å²) in [5, 5.41) is 3.55. The summed E-state index contributed by atoms with van der Waals surface area (Å²) in [4.78, 5) is 2.64. The molecule has 2 atom stereocenters. The summed E-state index contributed by atoms with van der Waals surface area (Å²) in [6.07, 6.45) is 6.70. The molecule has 20 heavy (non-hydrogen) atoms. The molecule has 3 nitrogen and oxygen atoms in total. The monoisotopic (exact) mass is 284 g/mol. The van der Waals surface area contributed by atoms with Crippen molar-refractivity contribution in [2.45, 2.75) is 65.9 Å². The van der Waals surface area contributed by atoms with E-state index in [2.05, 4.69) is 37.9 Å². The molecule has 0 radical (unpaired) electrons. The predicted molar refractivity (Wildman–Crippen MR) is 87.3 cm³/mol. The summed E-state index contributed by atoms with van der Waals surface area (Å²) in [5.41, 5.74) is 0.400. The molecule has 0 amide bonds. The third-order valence-corrected chi connectivity index (χ3v) is 4.28. The second kappa shape index (κ2) is 9.75. The molecular formula is C17H36N2O. The normalized spacial score (nSPS) is 23.7. The van der Waals surface area contributed by atoms with E-state index in [0.717, 1.165) is 32.7 Å². The Morgan fingerprint density at radius 1 is 1.25 bits per heavy atom. The molecule has 1 aliphatic rings. The van der Waals surface area contributed by atoms with Crippen LogP contribution in [0.2, 0.25) is 0 Å². The Hall–Kier alpha value is -0.120. The highest BCUT2D eigenvalue weighted by molar-refractivity contribution is 4.83. The molecule has 1 aliphatic heterocycles. The summed E-state index contributed by atoms with van der Waals surface area (Å²) in [7, 11) is 0. The van der Waals surface area contributed by atoms with E-state index >= 15 is 0 Å². The van der Waals surface area contributed by atoms with E-state index in [0.29, 0.717) is 11.5 Å². The van der Waals surface area contributed by atoms with Gasteiger partial charge in [-0.05, 0) is 44.2 Å². The highest BCUT2D eigenvalue weighted by atomic mass is 16.5. The first kappa shape index (κ1) is 17.9. The number of hydrogen-bond acceptors (Lipinski definition) is 3. The van der Waals surface area contributed by atoms with E-state index in [4.69, 9.17) is 4.74 Å². The number of rotatable bonds is 10. The molecule has 0 spiro atoms. The van der Waals surface area contributed by atoms with Crippen molar-refractivity contribution in [1.82, 2.24) is 10.2 Å². The Morgan fingerprint density at radius 2 is 2.05 bits per heavy atom. The Balaban J connectivity index is 2.45. The third kappa shape index (κ3) is 6.55. The van der Waals surface area contributed by atoms with Crippen LogP contribution in [-0.4, -0.2) is 50.3 Å². The van der Waals surface area contributed by atoms with Gasteiger partial charge in [0.2, 0.25) is 0 Å². The van der Waals surface area contributed by atoms with E-state index in [-0.39, 0.29) is 0 Å². The van der Waals surface area contributed by atoms with Crippen LogP contribution in [0.1, 0.15) is 59.8 Å². The Bertz CT molecular complexity index is 247. The quantitative estimate of drug-likeness (QED) is 0.666. The lowest BCUT2D eigenvalue weighted by atomic mass is 9.84. The van der Waals surface area contributed by atoms with Crippen LogP contribution < -0.4 is 5.32 Å². The number of likely N-dealkylation sites (tertiary alicyclic amines) is 1. The second-order valence-corrected chi connectivity index (χ2v) is 6.71. The minimum atomic E-state index is 0.400. The zero-order valence-corrected chi connectivity index (χ0v) is 14.2. The average Bonchev–Trinajstić information content (AvgIpc) is 2.43. The molecule has 1 saturated heterocycles. The minimum Gasteiger partial charge on any atom is -0.377 e. The molecule has 0 aromatic rings. The van der Waals surface area contributed by atoms with Gasteiger partial charge in [-0.15, -0.1) is 0 Å². The smallest absolute Gasteiger partial charge is 0.0702 e. The number of hydrogen-bond donors (Lipinski definition) is 1.